The van der Waals surface area contributed by atoms with Crippen LogP contribution < -0.4 is 21.1 Å². The Labute approximate surface area is 125 Å². The van der Waals surface area contributed by atoms with Gasteiger partial charge < -0.3 is 26.2 Å². The highest BCUT2D eigenvalue weighted by atomic mass is 35.5. The number of urea groups is 1. The highest BCUT2D eigenvalue weighted by Crippen LogP contribution is 2.32. The lowest BCUT2D eigenvalue weighted by atomic mass is 10.1. The molecule has 0 aromatic heterocycles. The van der Waals surface area contributed by atoms with Gasteiger partial charge in [0.1, 0.15) is 0 Å². The Bertz CT molecular complexity index is 576. The van der Waals surface area contributed by atoms with Crippen molar-refractivity contribution in [2.75, 3.05) is 19.0 Å². The Morgan fingerprint density at radius 3 is 2.57 bits per heavy atom. The second-order valence-corrected chi connectivity index (χ2v) is 4.36. The molecule has 0 heterocycles. The molecule has 0 saturated heterocycles. The number of carbonyl (C=O) groups is 3. The zero-order chi connectivity index (χ0) is 16.0. The molecular weight excluding hydrogens is 302 g/mol. The highest BCUT2D eigenvalue weighted by Gasteiger charge is 2.17. The average Bonchev–Trinajstić information content (AvgIpc) is 2.37. The van der Waals surface area contributed by atoms with Gasteiger partial charge in [-0.1, -0.05) is 11.6 Å². The number of carboxylic acids is 1. The van der Waals surface area contributed by atoms with Gasteiger partial charge in [-0.3, -0.25) is 9.59 Å². The topological polar surface area (TPSA) is 131 Å². The molecule has 0 radical (unpaired) electrons. The summed E-state index contributed by atoms with van der Waals surface area (Å²) >= 11 is 5.84. The molecule has 0 aliphatic rings. The molecule has 0 saturated carbocycles. The van der Waals surface area contributed by atoms with Crippen molar-refractivity contribution in [3.05, 3.63) is 22.7 Å². The molecule has 1 aromatic rings. The van der Waals surface area contributed by atoms with Crippen molar-refractivity contribution in [1.82, 2.24) is 5.32 Å². The fraction of sp³-hybridized carbons (Fsp3) is 0.250. The third-order valence-electron chi connectivity index (χ3n) is 2.40. The van der Waals surface area contributed by atoms with Crippen molar-refractivity contribution < 1.29 is 24.2 Å². The van der Waals surface area contributed by atoms with E-state index < -0.39 is 17.9 Å². The zero-order valence-corrected chi connectivity index (χ0v) is 11.9. The molecule has 5 N–H and O–H groups in total. The van der Waals surface area contributed by atoms with Crippen molar-refractivity contribution in [2.45, 2.75) is 6.42 Å². The Morgan fingerprint density at radius 2 is 2.05 bits per heavy atom. The maximum absolute atomic E-state index is 11.6. The number of amides is 3. The number of hydrogen-bond acceptors (Lipinski definition) is 4. The summed E-state index contributed by atoms with van der Waals surface area (Å²) in [6.45, 7) is -0.0489. The van der Waals surface area contributed by atoms with Crippen LogP contribution in [0.3, 0.4) is 0 Å². The molecule has 9 heteroatoms. The summed E-state index contributed by atoms with van der Waals surface area (Å²) in [5, 5.41) is 13.4. The second kappa shape index (κ2) is 7.34. The number of nitrogens with one attached hydrogen (secondary N) is 2. The number of benzene rings is 1. The summed E-state index contributed by atoms with van der Waals surface area (Å²) in [5.74, 6) is -1.73. The third-order valence-corrected chi connectivity index (χ3v) is 2.61. The number of aliphatic carboxylic acids is 1. The van der Waals surface area contributed by atoms with Gasteiger partial charge >= 0.3 is 12.0 Å². The van der Waals surface area contributed by atoms with E-state index in [1.807, 2.05) is 0 Å². The summed E-state index contributed by atoms with van der Waals surface area (Å²) in [4.78, 5) is 33.3. The van der Waals surface area contributed by atoms with Crippen LogP contribution in [0.25, 0.3) is 0 Å². The number of rotatable bonds is 6. The maximum atomic E-state index is 11.6. The number of nitrogens with two attached hydrogens (primary N) is 1. The summed E-state index contributed by atoms with van der Waals surface area (Å²) in [7, 11) is 1.31. The lowest BCUT2D eigenvalue weighted by Gasteiger charge is -2.14. The van der Waals surface area contributed by atoms with Crippen LogP contribution in [0, 0.1) is 0 Å². The van der Waals surface area contributed by atoms with Gasteiger partial charge in [-0.2, -0.15) is 0 Å². The lowest BCUT2D eigenvalue weighted by molar-refractivity contribution is -0.136. The number of ether oxygens (including phenoxy) is 1. The normalized spacial score (nSPS) is 9.81. The number of anilines is 1. The first-order chi connectivity index (χ1) is 9.85. The molecule has 0 aliphatic heterocycles. The highest BCUT2D eigenvalue weighted by molar-refractivity contribution is 6.31. The Kier molecular flexibility index (Phi) is 5.79. The SMILES string of the molecule is COc1c(NC(=O)NCCC(=O)O)cc(Cl)cc1C(N)=O. The van der Waals surface area contributed by atoms with Gasteiger partial charge in [0.15, 0.2) is 5.75 Å². The third kappa shape index (κ3) is 4.84. The van der Waals surface area contributed by atoms with Crippen LogP contribution in [0.4, 0.5) is 10.5 Å². The fourth-order valence-electron chi connectivity index (χ4n) is 1.54. The Morgan fingerprint density at radius 1 is 1.38 bits per heavy atom. The zero-order valence-electron chi connectivity index (χ0n) is 11.1. The van der Waals surface area contributed by atoms with Crippen LogP contribution in [0.1, 0.15) is 16.8 Å². The minimum atomic E-state index is -1.04. The number of hydrogen-bond donors (Lipinski definition) is 4. The van der Waals surface area contributed by atoms with E-state index in [0.717, 1.165) is 0 Å². The number of primary amides is 1. The van der Waals surface area contributed by atoms with Crippen molar-refractivity contribution >= 4 is 35.2 Å². The molecule has 0 spiro atoms. The molecule has 1 rings (SSSR count). The minimum absolute atomic E-state index is 0.0193. The predicted octanol–water partition coefficient (Wildman–Crippen LogP) is 1.04. The molecular formula is C12H14ClN3O5. The van der Waals surface area contributed by atoms with Crippen molar-refractivity contribution in [2.24, 2.45) is 5.73 Å². The van der Waals surface area contributed by atoms with Gasteiger partial charge in [-0.05, 0) is 12.1 Å². The summed E-state index contributed by atoms with van der Waals surface area (Å²) in [6, 6.07) is 2.03. The summed E-state index contributed by atoms with van der Waals surface area (Å²) in [5.41, 5.74) is 5.37. The average molecular weight is 316 g/mol. The first-order valence-corrected chi connectivity index (χ1v) is 6.17. The molecule has 3 amide bonds. The standard InChI is InChI=1S/C12H14ClN3O5/c1-21-10-7(11(14)19)4-6(13)5-8(10)16-12(20)15-3-2-9(17)18/h4-5H,2-3H2,1H3,(H2,14,19)(H,17,18)(H2,15,16,20). The van der Waals surface area contributed by atoms with Crippen LogP contribution in [0.15, 0.2) is 12.1 Å². The van der Waals surface area contributed by atoms with E-state index in [4.69, 9.17) is 27.2 Å². The van der Waals surface area contributed by atoms with Crippen LogP contribution in [0.2, 0.25) is 5.02 Å². The molecule has 0 atom stereocenters. The minimum Gasteiger partial charge on any atom is -0.494 e. The van der Waals surface area contributed by atoms with E-state index in [9.17, 15) is 14.4 Å². The van der Waals surface area contributed by atoms with Crippen molar-refractivity contribution in [1.29, 1.82) is 0 Å². The predicted molar refractivity (Wildman–Crippen MR) is 75.8 cm³/mol. The number of carbonyl (C=O) groups excluding carboxylic acids is 2. The van der Waals surface area contributed by atoms with Gasteiger partial charge in [0.2, 0.25) is 0 Å². The van der Waals surface area contributed by atoms with Crippen LogP contribution in [-0.2, 0) is 4.79 Å². The van der Waals surface area contributed by atoms with Gasteiger partial charge in [-0.15, -0.1) is 0 Å². The van der Waals surface area contributed by atoms with Crippen molar-refractivity contribution in [3.8, 4) is 5.75 Å². The smallest absolute Gasteiger partial charge is 0.319 e. The van der Waals surface area contributed by atoms with Crippen LogP contribution in [-0.4, -0.2) is 36.7 Å². The number of carboxylic acid groups (broad SMARTS) is 1. The second-order valence-electron chi connectivity index (χ2n) is 3.92. The van der Waals surface area contributed by atoms with E-state index in [1.54, 1.807) is 0 Å². The monoisotopic (exact) mass is 315 g/mol. The largest absolute Gasteiger partial charge is 0.494 e. The molecule has 0 unspecified atom stereocenters. The van der Waals surface area contributed by atoms with E-state index in [1.165, 1.54) is 19.2 Å². The quantitative estimate of drug-likeness (QED) is 0.623. The van der Waals surface area contributed by atoms with Crippen LogP contribution in [0.5, 0.6) is 5.75 Å². The molecule has 1 aromatic carbocycles. The Balaban J connectivity index is 2.89. The molecule has 114 valence electrons. The summed E-state index contributed by atoms with van der Waals surface area (Å²) in [6.07, 6.45) is -0.216. The maximum Gasteiger partial charge on any atom is 0.319 e. The van der Waals surface area contributed by atoms with Gasteiger partial charge in [0.05, 0.1) is 24.8 Å². The Hall–Kier alpha value is -2.48. The van der Waals surface area contributed by atoms with E-state index in [2.05, 4.69) is 10.6 Å². The van der Waals surface area contributed by atoms with E-state index in [-0.39, 0.29) is 35.0 Å². The molecule has 21 heavy (non-hydrogen) atoms. The van der Waals surface area contributed by atoms with E-state index in [0.29, 0.717) is 0 Å². The first kappa shape index (κ1) is 16.6. The van der Waals surface area contributed by atoms with Crippen molar-refractivity contribution in [3.63, 3.8) is 0 Å². The van der Waals surface area contributed by atoms with E-state index >= 15 is 0 Å². The lowest BCUT2D eigenvalue weighted by Crippen LogP contribution is -2.31. The van der Waals surface area contributed by atoms with Crippen LogP contribution >= 0.6 is 11.6 Å². The fourth-order valence-corrected chi connectivity index (χ4v) is 1.76. The molecule has 0 fully saturated rings. The molecule has 0 bridgehead atoms. The number of methoxy groups -OCH3 is 1. The summed E-state index contributed by atoms with van der Waals surface area (Å²) < 4.78 is 5.04. The van der Waals surface area contributed by atoms with Gasteiger partial charge in [0, 0.05) is 11.6 Å². The molecule has 8 nitrogen and oxygen atoms in total. The molecule has 0 aliphatic carbocycles. The van der Waals surface area contributed by atoms with Gasteiger partial charge in [-0.25, -0.2) is 4.79 Å². The van der Waals surface area contributed by atoms with Gasteiger partial charge in [0.25, 0.3) is 5.91 Å². The number of halogens is 1. The first-order valence-electron chi connectivity index (χ1n) is 5.79.